The second kappa shape index (κ2) is 5.64. The Hall–Kier alpha value is -0.610. The second-order valence-corrected chi connectivity index (χ2v) is 4.68. The average molecular weight is 241 g/mol. The monoisotopic (exact) mass is 240 g/mol. The number of hydrazine groups is 1. The summed E-state index contributed by atoms with van der Waals surface area (Å²) in [5, 5.41) is 0.750. The molecule has 2 atom stereocenters. The second-order valence-electron chi connectivity index (χ2n) is 4.24. The highest BCUT2D eigenvalue weighted by Gasteiger charge is 2.21. The molecule has 1 fully saturated rings. The first-order chi connectivity index (χ1) is 7.79. The van der Waals surface area contributed by atoms with Gasteiger partial charge in [-0.1, -0.05) is 23.7 Å². The van der Waals surface area contributed by atoms with Crippen molar-refractivity contribution in [3.8, 4) is 0 Å². The molecule has 0 spiro atoms. The quantitative estimate of drug-likeness (QED) is 0.627. The van der Waals surface area contributed by atoms with Gasteiger partial charge in [-0.25, -0.2) is 0 Å². The van der Waals surface area contributed by atoms with Crippen LogP contribution in [0, 0.1) is 5.92 Å². The summed E-state index contributed by atoms with van der Waals surface area (Å²) in [6.07, 6.45) is 2.12. The van der Waals surface area contributed by atoms with Gasteiger partial charge in [-0.15, -0.1) is 0 Å². The highest BCUT2D eigenvalue weighted by Crippen LogP contribution is 2.27. The van der Waals surface area contributed by atoms with E-state index in [9.17, 15) is 0 Å². The Morgan fingerprint density at radius 3 is 3.06 bits per heavy atom. The molecule has 16 heavy (non-hydrogen) atoms. The van der Waals surface area contributed by atoms with E-state index in [0.29, 0.717) is 5.92 Å². The molecule has 1 aromatic rings. The molecule has 2 rings (SSSR count). The van der Waals surface area contributed by atoms with E-state index in [0.717, 1.165) is 36.6 Å². The van der Waals surface area contributed by atoms with Gasteiger partial charge in [0.05, 0.1) is 0 Å². The number of benzene rings is 1. The van der Waals surface area contributed by atoms with Gasteiger partial charge < -0.3 is 4.74 Å². The molecule has 0 aliphatic carbocycles. The van der Waals surface area contributed by atoms with Crippen LogP contribution in [0.3, 0.4) is 0 Å². The number of ether oxygens (including phenoxy) is 1. The lowest BCUT2D eigenvalue weighted by atomic mass is 9.95. The maximum atomic E-state index is 5.97. The van der Waals surface area contributed by atoms with Crippen LogP contribution >= 0.6 is 11.6 Å². The summed E-state index contributed by atoms with van der Waals surface area (Å²) in [7, 11) is 0. The zero-order chi connectivity index (χ0) is 11.4. The lowest BCUT2D eigenvalue weighted by Crippen LogP contribution is -2.29. The van der Waals surface area contributed by atoms with Crippen LogP contribution < -0.4 is 11.3 Å². The van der Waals surface area contributed by atoms with Crippen molar-refractivity contribution >= 4 is 11.6 Å². The van der Waals surface area contributed by atoms with Crippen LogP contribution in [0.15, 0.2) is 24.3 Å². The van der Waals surface area contributed by atoms with Crippen LogP contribution in [0.5, 0.6) is 0 Å². The maximum absolute atomic E-state index is 5.97. The van der Waals surface area contributed by atoms with Gasteiger partial charge in [-0.3, -0.25) is 11.3 Å². The third-order valence-electron chi connectivity index (χ3n) is 3.05. The molecule has 1 heterocycles. The summed E-state index contributed by atoms with van der Waals surface area (Å²) < 4.78 is 5.37. The maximum Gasteiger partial charge on any atom is 0.0495 e. The van der Waals surface area contributed by atoms with Crippen LogP contribution in [-0.2, 0) is 4.74 Å². The first-order valence-electron chi connectivity index (χ1n) is 5.59. The molecule has 1 aliphatic heterocycles. The number of halogens is 1. The first kappa shape index (κ1) is 11.9. The lowest BCUT2D eigenvalue weighted by Gasteiger charge is -2.19. The van der Waals surface area contributed by atoms with Crippen LogP contribution in [0.1, 0.15) is 24.4 Å². The number of hydrogen-bond donors (Lipinski definition) is 2. The van der Waals surface area contributed by atoms with E-state index in [1.165, 1.54) is 0 Å². The highest BCUT2D eigenvalue weighted by atomic mass is 35.5. The Labute approximate surface area is 101 Å². The van der Waals surface area contributed by atoms with Crippen molar-refractivity contribution in [1.82, 2.24) is 5.43 Å². The van der Waals surface area contributed by atoms with E-state index in [-0.39, 0.29) is 6.04 Å². The molecular weight excluding hydrogens is 224 g/mol. The van der Waals surface area contributed by atoms with Crippen LogP contribution in [0.25, 0.3) is 0 Å². The zero-order valence-electron chi connectivity index (χ0n) is 9.16. The van der Waals surface area contributed by atoms with E-state index in [1.807, 2.05) is 24.3 Å². The summed E-state index contributed by atoms with van der Waals surface area (Å²) in [5.41, 5.74) is 4.00. The molecule has 3 nitrogen and oxygen atoms in total. The number of rotatable bonds is 4. The van der Waals surface area contributed by atoms with Gasteiger partial charge in [-0.05, 0) is 36.5 Å². The summed E-state index contributed by atoms with van der Waals surface area (Å²) >= 11 is 5.97. The molecule has 0 aromatic heterocycles. The Morgan fingerprint density at radius 2 is 2.44 bits per heavy atom. The van der Waals surface area contributed by atoms with Gasteiger partial charge in [0.15, 0.2) is 0 Å². The van der Waals surface area contributed by atoms with Crippen molar-refractivity contribution < 1.29 is 4.74 Å². The van der Waals surface area contributed by atoms with Gasteiger partial charge >= 0.3 is 0 Å². The molecule has 0 bridgehead atoms. The van der Waals surface area contributed by atoms with Crippen LogP contribution in [-0.4, -0.2) is 13.2 Å². The minimum absolute atomic E-state index is 0.158. The topological polar surface area (TPSA) is 47.3 Å². The molecule has 3 N–H and O–H groups in total. The molecule has 1 aliphatic rings. The van der Waals surface area contributed by atoms with Crippen molar-refractivity contribution in [3.63, 3.8) is 0 Å². The van der Waals surface area contributed by atoms with E-state index >= 15 is 0 Å². The number of nitrogens with two attached hydrogens (primary N) is 1. The Balaban J connectivity index is 2.03. The van der Waals surface area contributed by atoms with Gasteiger partial charge in [-0.2, -0.15) is 0 Å². The Bertz CT molecular complexity index is 340. The fourth-order valence-electron chi connectivity index (χ4n) is 2.13. The van der Waals surface area contributed by atoms with Crippen LogP contribution in [0.2, 0.25) is 5.02 Å². The van der Waals surface area contributed by atoms with E-state index < -0.39 is 0 Å². The predicted molar refractivity (Wildman–Crippen MR) is 65.1 cm³/mol. The van der Waals surface area contributed by atoms with E-state index in [1.54, 1.807) is 0 Å². The highest BCUT2D eigenvalue weighted by molar-refractivity contribution is 6.30. The average Bonchev–Trinajstić information content (AvgIpc) is 2.78. The van der Waals surface area contributed by atoms with Gasteiger partial charge in [0.1, 0.15) is 0 Å². The molecule has 88 valence electrons. The Kier molecular flexibility index (Phi) is 4.18. The third kappa shape index (κ3) is 2.95. The van der Waals surface area contributed by atoms with Crippen molar-refractivity contribution in [2.24, 2.45) is 11.8 Å². The summed E-state index contributed by atoms with van der Waals surface area (Å²) in [4.78, 5) is 0. The van der Waals surface area contributed by atoms with Crippen LogP contribution in [0.4, 0.5) is 0 Å². The smallest absolute Gasteiger partial charge is 0.0495 e. The van der Waals surface area contributed by atoms with E-state index in [4.69, 9.17) is 22.2 Å². The predicted octanol–water partition coefficient (Wildman–Crippen LogP) is 2.27. The minimum atomic E-state index is 0.158. The van der Waals surface area contributed by atoms with E-state index in [2.05, 4.69) is 5.43 Å². The minimum Gasteiger partial charge on any atom is -0.381 e. The molecule has 0 radical (unpaired) electrons. The molecule has 1 saturated heterocycles. The van der Waals surface area contributed by atoms with Crippen molar-refractivity contribution in [1.29, 1.82) is 0 Å². The fraction of sp³-hybridized carbons (Fsp3) is 0.500. The largest absolute Gasteiger partial charge is 0.381 e. The normalized spacial score (nSPS) is 22.2. The van der Waals surface area contributed by atoms with Gasteiger partial charge in [0, 0.05) is 24.3 Å². The van der Waals surface area contributed by atoms with Crippen molar-refractivity contribution in [3.05, 3.63) is 34.9 Å². The van der Waals surface area contributed by atoms with Gasteiger partial charge in [0.25, 0.3) is 0 Å². The number of hydrogen-bond acceptors (Lipinski definition) is 3. The third-order valence-corrected chi connectivity index (χ3v) is 3.28. The summed E-state index contributed by atoms with van der Waals surface area (Å²) in [5.74, 6) is 6.20. The van der Waals surface area contributed by atoms with Gasteiger partial charge in [0.2, 0.25) is 0 Å². The Morgan fingerprint density at radius 1 is 1.56 bits per heavy atom. The lowest BCUT2D eigenvalue weighted by molar-refractivity contribution is 0.181. The zero-order valence-corrected chi connectivity index (χ0v) is 9.91. The SMILES string of the molecule is NNC(CC1CCOC1)c1cccc(Cl)c1. The summed E-state index contributed by atoms with van der Waals surface area (Å²) in [6, 6.07) is 7.99. The van der Waals surface area contributed by atoms with Crippen molar-refractivity contribution in [2.75, 3.05) is 13.2 Å². The molecule has 0 amide bonds. The molecule has 0 saturated carbocycles. The molecular formula is C12H17ClN2O. The molecule has 4 heteroatoms. The molecule has 2 unspecified atom stereocenters. The molecule has 1 aromatic carbocycles. The van der Waals surface area contributed by atoms with Crippen molar-refractivity contribution in [2.45, 2.75) is 18.9 Å². The fourth-order valence-corrected chi connectivity index (χ4v) is 2.32. The standard InChI is InChI=1S/C12H17ClN2O/c13-11-3-1-2-10(7-11)12(15-14)6-9-4-5-16-8-9/h1-3,7,9,12,15H,4-6,8,14H2. The summed E-state index contributed by atoms with van der Waals surface area (Å²) in [6.45, 7) is 1.72. The number of nitrogens with one attached hydrogen (secondary N) is 1. The first-order valence-corrected chi connectivity index (χ1v) is 5.96.